The Kier molecular flexibility index (Phi) is 8.14. The lowest BCUT2D eigenvalue weighted by atomic mass is 10.1. The topological polar surface area (TPSA) is 49.4 Å². The molecule has 1 N–H and O–H groups in total. The van der Waals surface area contributed by atoms with Gasteiger partial charge in [-0.05, 0) is 36.6 Å². The summed E-state index contributed by atoms with van der Waals surface area (Å²) >= 11 is 12.0. The molecule has 0 aliphatic rings. The maximum atomic E-state index is 13.0. The molecule has 0 aliphatic carbocycles. The van der Waals surface area contributed by atoms with Crippen LogP contribution in [0.2, 0.25) is 10.0 Å². The highest BCUT2D eigenvalue weighted by Crippen LogP contribution is 2.23. The molecule has 2 aromatic rings. The second-order valence-electron chi connectivity index (χ2n) is 6.40. The van der Waals surface area contributed by atoms with Crippen molar-refractivity contribution in [3.05, 3.63) is 69.7 Å². The first-order chi connectivity index (χ1) is 12.9. The van der Waals surface area contributed by atoms with E-state index in [1.165, 1.54) is 0 Å². The summed E-state index contributed by atoms with van der Waals surface area (Å²) in [6.07, 6.45) is 0.990. The lowest BCUT2D eigenvalue weighted by Gasteiger charge is -2.29. The molecule has 6 heteroatoms. The highest BCUT2D eigenvalue weighted by atomic mass is 35.5. The van der Waals surface area contributed by atoms with E-state index in [1.54, 1.807) is 30.0 Å². The zero-order valence-corrected chi connectivity index (χ0v) is 17.1. The maximum absolute atomic E-state index is 13.0. The summed E-state index contributed by atoms with van der Waals surface area (Å²) in [5.74, 6) is -0.299. The number of hydrogen-bond donors (Lipinski definition) is 1. The third-order valence-corrected chi connectivity index (χ3v) is 4.99. The van der Waals surface area contributed by atoms with Crippen LogP contribution in [0.3, 0.4) is 0 Å². The number of amides is 2. The minimum Gasteiger partial charge on any atom is -0.354 e. The van der Waals surface area contributed by atoms with Crippen molar-refractivity contribution in [2.45, 2.75) is 39.3 Å². The normalized spacial score (nSPS) is 11.7. The molecule has 0 radical (unpaired) electrons. The van der Waals surface area contributed by atoms with Crippen molar-refractivity contribution in [1.82, 2.24) is 10.2 Å². The third-order valence-electron chi connectivity index (χ3n) is 4.25. The molecule has 27 heavy (non-hydrogen) atoms. The number of carbonyl (C=O) groups is 2. The number of benzene rings is 2. The monoisotopic (exact) mass is 406 g/mol. The number of nitrogens with zero attached hydrogens (tertiary/aromatic N) is 1. The van der Waals surface area contributed by atoms with E-state index in [2.05, 4.69) is 5.32 Å². The molecule has 0 fully saturated rings. The number of nitrogens with one attached hydrogen (secondary N) is 1. The Balaban J connectivity index is 2.19. The molecule has 0 heterocycles. The van der Waals surface area contributed by atoms with E-state index >= 15 is 0 Å². The van der Waals surface area contributed by atoms with E-state index < -0.39 is 6.04 Å². The van der Waals surface area contributed by atoms with Crippen molar-refractivity contribution in [3.8, 4) is 0 Å². The molecule has 2 amide bonds. The Morgan fingerprint density at radius 3 is 2.37 bits per heavy atom. The van der Waals surface area contributed by atoms with E-state index in [-0.39, 0.29) is 18.2 Å². The zero-order chi connectivity index (χ0) is 19.8. The first kappa shape index (κ1) is 21.3. The summed E-state index contributed by atoms with van der Waals surface area (Å²) in [4.78, 5) is 27.0. The van der Waals surface area contributed by atoms with Gasteiger partial charge < -0.3 is 10.2 Å². The fourth-order valence-electron chi connectivity index (χ4n) is 2.68. The molecule has 2 aromatic carbocycles. The van der Waals surface area contributed by atoms with E-state index in [0.717, 1.165) is 17.5 Å². The highest BCUT2D eigenvalue weighted by molar-refractivity contribution is 6.42. The van der Waals surface area contributed by atoms with Gasteiger partial charge in [0, 0.05) is 13.1 Å². The van der Waals surface area contributed by atoms with E-state index in [1.807, 2.05) is 37.3 Å². The maximum Gasteiger partial charge on any atom is 0.242 e. The number of halogens is 2. The lowest BCUT2D eigenvalue weighted by molar-refractivity contribution is -0.140. The van der Waals surface area contributed by atoms with Crippen LogP contribution < -0.4 is 5.32 Å². The van der Waals surface area contributed by atoms with Gasteiger partial charge in [0.25, 0.3) is 0 Å². The van der Waals surface area contributed by atoms with Crippen LogP contribution in [0.4, 0.5) is 0 Å². The summed E-state index contributed by atoms with van der Waals surface area (Å²) < 4.78 is 0. The van der Waals surface area contributed by atoms with Crippen LogP contribution in [-0.4, -0.2) is 29.3 Å². The van der Waals surface area contributed by atoms with Crippen LogP contribution in [0, 0.1) is 0 Å². The van der Waals surface area contributed by atoms with Gasteiger partial charge in [0.15, 0.2) is 0 Å². The molecular formula is C21H24Cl2N2O2. The van der Waals surface area contributed by atoms with Gasteiger partial charge in [-0.15, -0.1) is 0 Å². The minimum absolute atomic E-state index is 0.142. The molecule has 1 atom stereocenters. The van der Waals surface area contributed by atoms with Gasteiger partial charge in [-0.25, -0.2) is 0 Å². The average molecular weight is 407 g/mol. The number of hydrogen-bond acceptors (Lipinski definition) is 2. The second kappa shape index (κ2) is 10.3. The quantitative estimate of drug-likeness (QED) is 0.702. The Morgan fingerprint density at radius 2 is 1.74 bits per heavy atom. The first-order valence-electron chi connectivity index (χ1n) is 8.97. The highest BCUT2D eigenvalue weighted by Gasteiger charge is 2.26. The molecule has 2 rings (SSSR count). The summed E-state index contributed by atoms with van der Waals surface area (Å²) in [5.41, 5.74) is 1.73. The van der Waals surface area contributed by atoms with Gasteiger partial charge >= 0.3 is 0 Å². The molecule has 0 aromatic heterocycles. The lowest BCUT2D eigenvalue weighted by Crippen LogP contribution is -2.48. The van der Waals surface area contributed by atoms with Gasteiger partial charge in [0.2, 0.25) is 11.8 Å². The molecule has 4 nitrogen and oxygen atoms in total. The molecule has 0 saturated carbocycles. The van der Waals surface area contributed by atoms with Crippen molar-refractivity contribution >= 4 is 35.0 Å². The van der Waals surface area contributed by atoms with Crippen LogP contribution in [0.5, 0.6) is 0 Å². The molecule has 1 unspecified atom stereocenters. The molecular weight excluding hydrogens is 383 g/mol. The SMILES string of the molecule is CCCNC(=O)C(C)N(Cc1ccccc1)C(=O)Cc1ccc(Cl)c(Cl)c1. The smallest absolute Gasteiger partial charge is 0.242 e. The van der Waals surface area contributed by atoms with Crippen molar-refractivity contribution in [2.75, 3.05) is 6.54 Å². The third kappa shape index (κ3) is 6.26. The predicted molar refractivity (Wildman–Crippen MR) is 110 cm³/mol. The second-order valence-corrected chi connectivity index (χ2v) is 7.21. The van der Waals surface area contributed by atoms with Gasteiger partial charge in [0.1, 0.15) is 6.04 Å². The van der Waals surface area contributed by atoms with Crippen LogP contribution in [0.15, 0.2) is 48.5 Å². The molecule has 0 saturated heterocycles. The average Bonchev–Trinajstić information content (AvgIpc) is 2.67. The summed E-state index contributed by atoms with van der Waals surface area (Å²) in [7, 11) is 0. The number of rotatable bonds is 8. The predicted octanol–water partition coefficient (Wildman–Crippen LogP) is 4.48. The van der Waals surface area contributed by atoms with Crippen molar-refractivity contribution in [3.63, 3.8) is 0 Å². The number of carbonyl (C=O) groups excluding carboxylic acids is 2. The molecule has 144 valence electrons. The van der Waals surface area contributed by atoms with Crippen molar-refractivity contribution in [1.29, 1.82) is 0 Å². The Hall–Kier alpha value is -2.04. The van der Waals surface area contributed by atoms with Crippen molar-refractivity contribution in [2.24, 2.45) is 0 Å². The summed E-state index contributed by atoms with van der Waals surface area (Å²) in [5, 5.41) is 3.72. The Bertz CT molecular complexity index is 781. The first-order valence-corrected chi connectivity index (χ1v) is 9.73. The standard InChI is InChI=1S/C21H24Cl2N2O2/c1-3-11-24-21(27)15(2)25(14-16-7-5-4-6-8-16)20(26)13-17-9-10-18(22)19(23)12-17/h4-10,12,15H,3,11,13-14H2,1-2H3,(H,24,27). The van der Waals surface area contributed by atoms with E-state index in [0.29, 0.717) is 23.1 Å². The van der Waals surface area contributed by atoms with Crippen LogP contribution in [0.25, 0.3) is 0 Å². The van der Waals surface area contributed by atoms with Crippen LogP contribution >= 0.6 is 23.2 Å². The Morgan fingerprint density at radius 1 is 1.04 bits per heavy atom. The van der Waals surface area contributed by atoms with Gasteiger partial charge in [-0.3, -0.25) is 9.59 Å². The summed E-state index contributed by atoms with van der Waals surface area (Å²) in [6.45, 7) is 4.69. The van der Waals surface area contributed by atoms with Crippen molar-refractivity contribution < 1.29 is 9.59 Å². The molecule has 0 aliphatic heterocycles. The summed E-state index contributed by atoms with van der Waals surface area (Å²) in [6, 6.07) is 14.2. The molecule has 0 bridgehead atoms. The zero-order valence-electron chi connectivity index (χ0n) is 15.5. The Labute approximate surface area is 170 Å². The molecule has 0 spiro atoms. The fourth-order valence-corrected chi connectivity index (χ4v) is 3.01. The van der Waals surface area contributed by atoms with E-state index in [4.69, 9.17) is 23.2 Å². The van der Waals surface area contributed by atoms with E-state index in [9.17, 15) is 9.59 Å². The fraction of sp³-hybridized carbons (Fsp3) is 0.333. The largest absolute Gasteiger partial charge is 0.354 e. The minimum atomic E-state index is -0.577. The van der Waals surface area contributed by atoms with Gasteiger partial charge in [-0.2, -0.15) is 0 Å². The van der Waals surface area contributed by atoms with Crippen LogP contribution in [-0.2, 0) is 22.6 Å². The van der Waals surface area contributed by atoms with Crippen LogP contribution in [0.1, 0.15) is 31.4 Å². The van der Waals surface area contributed by atoms with Gasteiger partial charge in [0.05, 0.1) is 16.5 Å². The van der Waals surface area contributed by atoms with Gasteiger partial charge in [-0.1, -0.05) is 66.5 Å².